The number of amides is 1. The molecule has 1 amide bonds. The maximum absolute atomic E-state index is 13.2. The summed E-state index contributed by atoms with van der Waals surface area (Å²) in [5, 5.41) is 55.0. The van der Waals surface area contributed by atoms with Crippen LogP contribution in [0.15, 0.2) is 48.6 Å². The highest BCUT2D eigenvalue weighted by atomic mass is 16.7. The largest absolute Gasteiger partial charge is 0.394 e. The predicted octanol–water partition coefficient (Wildman–Crippen LogP) is 19.2. The molecule has 0 spiro atoms. The van der Waals surface area contributed by atoms with E-state index in [9.17, 15) is 30.3 Å². The van der Waals surface area contributed by atoms with Crippen LogP contribution in [0.2, 0.25) is 0 Å². The maximum atomic E-state index is 13.2. The quantitative estimate of drug-likeness (QED) is 0.0261. The van der Waals surface area contributed by atoms with Gasteiger partial charge in [-0.05, 0) is 51.4 Å². The van der Waals surface area contributed by atoms with Gasteiger partial charge in [0, 0.05) is 6.42 Å². The summed E-state index contributed by atoms with van der Waals surface area (Å²) in [6.45, 7) is 3.78. The Morgan fingerprint density at radius 3 is 1.14 bits per heavy atom. The Morgan fingerprint density at radius 1 is 0.432 bits per heavy atom. The average Bonchev–Trinajstić information content (AvgIpc) is 3.51. The molecule has 1 aliphatic rings. The monoisotopic (exact) mass is 1140 g/mol. The molecule has 0 radical (unpaired) electrons. The molecule has 6 N–H and O–H groups in total. The molecular weight excluding hydrogens is 1010 g/mol. The number of unbranched alkanes of at least 4 members (excludes halogenated alkanes) is 44. The van der Waals surface area contributed by atoms with Crippen LogP contribution in [0, 0.1) is 0 Å². The van der Waals surface area contributed by atoms with Crippen LogP contribution < -0.4 is 5.32 Å². The van der Waals surface area contributed by atoms with E-state index in [2.05, 4.69) is 67.8 Å². The molecular formula is C72H135NO8. The highest BCUT2D eigenvalue weighted by Crippen LogP contribution is 2.24. The van der Waals surface area contributed by atoms with Gasteiger partial charge < -0.3 is 40.3 Å². The summed E-state index contributed by atoms with van der Waals surface area (Å²) in [4.78, 5) is 13.2. The number of rotatable bonds is 62. The van der Waals surface area contributed by atoms with Gasteiger partial charge >= 0.3 is 0 Å². The van der Waals surface area contributed by atoms with Crippen LogP contribution in [0.5, 0.6) is 0 Å². The highest BCUT2D eigenvalue weighted by molar-refractivity contribution is 5.76. The highest BCUT2D eigenvalue weighted by Gasteiger charge is 2.44. The number of aliphatic hydroxyl groups excluding tert-OH is 5. The number of ether oxygens (including phenoxy) is 2. The Kier molecular flexibility index (Phi) is 58.3. The van der Waals surface area contributed by atoms with Crippen molar-refractivity contribution in [3.05, 3.63) is 48.6 Å². The first-order valence-electron chi connectivity index (χ1n) is 35.3. The Bertz CT molecular complexity index is 1420. The number of carbonyl (C=O) groups is 1. The minimum absolute atomic E-state index is 0.136. The van der Waals surface area contributed by atoms with E-state index in [0.717, 1.165) is 64.2 Å². The lowest BCUT2D eigenvalue weighted by Crippen LogP contribution is -2.60. The van der Waals surface area contributed by atoms with Gasteiger partial charge in [0.2, 0.25) is 5.91 Å². The molecule has 0 bridgehead atoms. The second-order valence-electron chi connectivity index (χ2n) is 24.7. The molecule has 0 aromatic heterocycles. The van der Waals surface area contributed by atoms with E-state index in [0.29, 0.717) is 12.8 Å². The van der Waals surface area contributed by atoms with Crippen molar-refractivity contribution in [1.29, 1.82) is 0 Å². The SMILES string of the molecule is CC/C=C\C/C=C\C/C=C\C/C=C\CCCCCCCCCCCCCCCCCCC(=O)NC(COC1OC(CO)C(O)C(O)C1O)C(O)CCCCCCCCCCCCCCCCCCCCCCCCCCCCCCC. The zero-order valence-corrected chi connectivity index (χ0v) is 53.3. The van der Waals surface area contributed by atoms with Crippen LogP contribution in [0.4, 0.5) is 0 Å². The van der Waals surface area contributed by atoms with Gasteiger partial charge in [-0.25, -0.2) is 0 Å². The van der Waals surface area contributed by atoms with Gasteiger partial charge in [0.1, 0.15) is 24.4 Å². The average molecular weight is 1140 g/mol. The second-order valence-corrected chi connectivity index (χ2v) is 24.7. The molecule has 1 heterocycles. The summed E-state index contributed by atoms with van der Waals surface area (Å²) in [5.41, 5.74) is 0. The van der Waals surface area contributed by atoms with Crippen molar-refractivity contribution in [3.63, 3.8) is 0 Å². The van der Waals surface area contributed by atoms with Crippen LogP contribution in [0.3, 0.4) is 0 Å². The Morgan fingerprint density at radius 2 is 0.765 bits per heavy atom. The summed E-state index contributed by atoms with van der Waals surface area (Å²) in [6.07, 6.45) is 76.1. The zero-order valence-electron chi connectivity index (χ0n) is 53.3. The van der Waals surface area contributed by atoms with Crippen LogP contribution in [-0.4, -0.2) is 87.5 Å². The van der Waals surface area contributed by atoms with Gasteiger partial charge in [0.25, 0.3) is 0 Å². The molecule has 476 valence electrons. The molecule has 0 aliphatic carbocycles. The van der Waals surface area contributed by atoms with Crippen LogP contribution in [-0.2, 0) is 14.3 Å². The molecule has 1 saturated heterocycles. The fourth-order valence-electron chi connectivity index (χ4n) is 11.5. The molecule has 1 rings (SSSR count). The standard InChI is InChI=1S/C72H135NO8/c1-3-5-7-9-11-13-15-17-19-21-23-25-27-29-31-33-35-37-39-41-43-45-47-49-51-53-55-57-59-61-66(75)65(64-80-72-71(79)70(78)69(77)67(63-74)81-72)73-68(76)62-60-58-56-54-52-50-48-46-44-42-40-38-36-34-32-30-28-26-24-22-20-18-16-14-12-10-8-6-4-2/h6,8,12,14,18,20,24,26,65-67,69-72,74-75,77-79H,3-5,7,9-11,13,15-17,19,21-23,25,27-64H2,1-2H3,(H,73,76)/b8-6-,14-12-,20-18-,26-24-. The number of hydrogen-bond acceptors (Lipinski definition) is 8. The van der Waals surface area contributed by atoms with Crippen molar-refractivity contribution in [1.82, 2.24) is 5.32 Å². The summed E-state index contributed by atoms with van der Waals surface area (Å²) in [5.74, 6) is -0.139. The third-order valence-electron chi connectivity index (χ3n) is 16.9. The van der Waals surface area contributed by atoms with Gasteiger partial charge in [-0.15, -0.1) is 0 Å². The maximum Gasteiger partial charge on any atom is 0.220 e. The zero-order chi connectivity index (χ0) is 58.6. The third-order valence-corrected chi connectivity index (χ3v) is 16.9. The fraction of sp³-hybridized carbons (Fsp3) is 0.875. The molecule has 81 heavy (non-hydrogen) atoms. The number of aliphatic hydroxyl groups is 5. The van der Waals surface area contributed by atoms with Crippen molar-refractivity contribution < 1.29 is 39.8 Å². The molecule has 0 aromatic rings. The van der Waals surface area contributed by atoms with E-state index < -0.39 is 49.5 Å². The van der Waals surface area contributed by atoms with Crippen molar-refractivity contribution in [2.75, 3.05) is 13.2 Å². The molecule has 7 atom stereocenters. The first-order valence-corrected chi connectivity index (χ1v) is 35.3. The van der Waals surface area contributed by atoms with Gasteiger partial charge in [-0.2, -0.15) is 0 Å². The van der Waals surface area contributed by atoms with E-state index in [-0.39, 0.29) is 12.5 Å². The molecule has 7 unspecified atom stereocenters. The normalized spacial score (nSPS) is 18.6. The van der Waals surface area contributed by atoms with Crippen LogP contribution in [0.1, 0.15) is 348 Å². The molecule has 9 nitrogen and oxygen atoms in total. The second kappa shape index (κ2) is 61.2. The van der Waals surface area contributed by atoms with Crippen molar-refractivity contribution in [3.8, 4) is 0 Å². The van der Waals surface area contributed by atoms with E-state index >= 15 is 0 Å². The molecule has 1 fully saturated rings. The van der Waals surface area contributed by atoms with E-state index in [1.807, 2.05) is 0 Å². The Labute approximate surface area is 501 Å². The van der Waals surface area contributed by atoms with E-state index in [1.54, 1.807) is 0 Å². The number of allylic oxidation sites excluding steroid dienone is 8. The summed E-state index contributed by atoms with van der Waals surface area (Å²) < 4.78 is 11.4. The van der Waals surface area contributed by atoms with E-state index in [1.165, 1.54) is 257 Å². The van der Waals surface area contributed by atoms with Crippen LogP contribution in [0.25, 0.3) is 0 Å². The number of hydrogen-bond donors (Lipinski definition) is 6. The molecule has 0 saturated carbocycles. The lowest BCUT2D eigenvalue weighted by Gasteiger charge is -2.40. The summed E-state index contributed by atoms with van der Waals surface area (Å²) in [7, 11) is 0. The van der Waals surface area contributed by atoms with Gasteiger partial charge in [-0.1, -0.05) is 339 Å². The van der Waals surface area contributed by atoms with E-state index in [4.69, 9.17) is 9.47 Å². The van der Waals surface area contributed by atoms with Crippen molar-refractivity contribution in [2.45, 2.75) is 391 Å². The fourth-order valence-corrected chi connectivity index (χ4v) is 11.5. The number of carbonyl (C=O) groups excluding carboxylic acids is 1. The smallest absolute Gasteiger partial charge is 0.220 e. The third kappa shape index (κ3) is 50.1. The van der Waals surface area contributed by atoms with Gasteiger partial charge in [0.15, 0.2) is 6.29 Å². The molecule has 0 aromatic carbocycles. The minimum Gasteiger partial charge on any atom is -0.394 e. The van der Waals surface area contributed by atoms with Gasteiger partial charge in [-0.3, -0.25) is 4.79 Å². The predicted molar refractivity (Wildman–Crippen MR) is 346 cm³/mol. The number of nitrogens with one attached hydrogen (secondary N) is 1. The van der Waals surface area contributed by atoms with Crippen LogP contribution >= 0.6 is 0 Å². The Balaban J connectivity index is 2.10. The first-order chi connectivity index (χ1) is 39.8. The van der Waals surface area contributed by atoms with Crippen molar-refractivity contribution >= 4 is 5.91 Å². The topological polar surface area (TPSA) is 149 Å². The van der Waals surface area contributed by atoms with Gasteiger partial charge in [0.05, 0.1) is 25.4 Å². The molecule has 9 heteroatoms. The summed E-state index contributed by atoms with van der Waals surface area (Å²) in [6, 6.07) is -0.721. The molecule has 1 aliphatic heterocycles. The summed E-state index contributed by atoms with van der Waals surface area (Å²) >= 11 is 0. The lowest BCUT2D eigenvalue weighted by atomic mass is 9.99. The minimum atomic E-state index is -1.55. The first kappa shape index (κ1) is 77.2. The lowest BCUT2D eigenvalue weighted by molar-refractivity contribution is -0.302. The van der Waals surface area contributed by atoms with Crippen molar-refractivity contribution in [2.24, 2.45) is 0 Å². The Hall–Kier alpha value is -1.85.